The summed E-state index contributed by atoms with van der Waals surface area (Å²) in [6, 6.07) is 0. The van der Waals surface area contributed by atoms with E-state index in [1.807, 2.05) is 6.92 Å². The number of hydrogen-bond acceptors (Lipinski definition) is 2. The first-order chi connectivity index (χ1) is 4.33. The molecule has 0 saturated heterocycles. The molecule has 0 atom stereocenters. The fraction of sp³-hybridized carbons (Fsp3) is 0.429. The highest BCUT2D eigenvalue weighted by Gasteiger charge is 1.95. The van der Waals surface area contributed by atoms with Gasteiger partial charge >= 0.3 is 0 Å². The summed E-state index contributed by atoms with van der Waals surface area (Å²) in [5, 5.41) is 0. The summed E-state index contributed by atoms with van der Waals surface area (Å²) in [6.07, 6.45) is 3.35. The van der Waals surface area contributed by atoms with E-state index in [1.54, 1.807) is 6.26 Å². The van der Waals surface area contributed by atoms with Gasteiger partial charge in [-0.25, -0.2) is 4.98 Å². The van der Waals surface area contributed by atoms with Crippen molar-refractivity contribution in [1.29, 1.82) is 0 Å². The van der Waals surface area contributed by atoms with E-state index in [-0.39, 0.29) is 0 Å². The van der Waals surface area contributed by atoms with Crippen molar-refractivity contribution in [2.24, 2.45) is 0 Å². The lowest BCUT2D eigenvalue weighted by Crippen LogP contribution is -1.81. The van der Waals surface area contributed by atoms with Crippen molar-refractivity contribution >= 4 is 0 Å². The molecular formula is C7H10NO. The molecule has 0 aliphatic carbocycles. The maximum absolute atomic E-state index is 5.05. The van der Waals surface area contributed by atoms with Crippen molar-refractivity contribution in [1.82, 2.24) is 4.98 Å². The van der Waals surface area contributed by atoms with Crippen LogP contribution in [0.4, 0.5) is 0 Å². The topological polar surface area (TPSA) is 26.0 Å². The molecule has 1 radical (unpaired) electrons. The average molecular weight is 124 g/mol. The van der Waals surface area contributed by atoms with Crippen LogP contribution in [0.15, 0.2) is 10.7 Å². The second-order valence-electron chi connectivity index (χ2n) is 1.99. The molecule has 0 aliphatic heterocycles. The van der Waals surface area contributed by atoms with Crippen molar-refractivity contribution in [3.05, 3.63) is 24.8 Å². The fourth-order valence-corrected chi connectivity index (χ4v) is 0.669. The predicted molar refractivity (Wildman–Crippen MR) is 34.9 cm³/mol. The number of aromatic nitrogens is 1. The maximum Gasteiger partial charge on any atom is 0.194 e. The Labute approximate surface area is 54.9 Å². The summed E-state index contributed by atoms with van der Waals surface area (Å²) in [4.78, 5) is 4.09. The van der Waals surface area contributed by atoms with Crippen LogP contribution >= 0.6 is 0 Å². The standard InChI is InChI=1S/C7H10NO/c1-3-4-7-8-6(2)5-9-7/h5H,1,3-4H2,2H3. The molecule has 1 rings (SSSR count). The van der Waals surface area contributed by atoms with Crippen LogP contribution in [0.5, 0.6) is 0 Å². The van der Waals surface area contributed by atoms with Gasteiger partial charge in [0.1, 0.15) is 6.26 Å². The number of oxazole rings is 1. The molecule has 49 valence electrons. The van der Waals surface area contributed by atoms with Crippen LogP contribution in [-0.2, 0) is 6.42 Å². The first-order valence-electron chi connectivity index (χ1n) is 3.03. The first kappa shape index (κ1) is 6.33. The molecule has 0 aromatic carbocycles. The molecule has 1 heterocycles. The Morgan fingerprint density at radius 2 is 2.56 bits per heavy atom. The second-order valence-corrected chi connectivity index (χ2v) is 1.99. The Kier molecular flexibility index (Phi) is 1.88. The minimum absolute atomic E-state index is 0.794. The molecule has 0 amide bonds. The van der Waals surface area contributed by atoms with Crippen LogP contribution in [-0.4, -0.2) is 4.98 Å². The number of nitrogens with zero attached hydrogens (tertiary/aromatic N) is 1. The van der Waals surface area contributed by atoms with E-state index >= 15 is 0 Å². The largest absolute Gasteiger partial charge is 0.449 e. The van der Waals surface area contributed by atoms with Crippen LogP contribution in [0.1, 0.15) is 18.0 Å². The average Bonchev–Trinajstić information content (AvgIpc) is 2.17. The lowest BCUT2D eigenvalue weighted by molar-refractivity contribution is 0.495. The van der Waals surface area contributed by atoms with E-state index in [0.717, 1.165) is 24.4 Å². The molecule has 0 unspecified atom stereocenters. The zero-order chi connectivity index (χ0) is 6.69. The third-order valence-electron chi connectivity index (χ3n) is 1.06. The van der Waals surface area contributed by atoms with Crippen molar-refractivity contribution in [2.45, 2.75) is 19.8 Å². The van der Waals surface area contributed by atoms with Gasteiger partial charge in [0.05, 0.1) is 5.69 Å². The molecule has 2 nitrogen and oxygen atoms in total. The van der Waals surface area contributed by atoms with Crippen molar-refractivity contribution in [2.75, 3.05) is 0 Å². The highest BCUT2D eigenvalue weighted by atomic mass is 16.3. The molecule has 1 aromatic heterocycles. The molecule has 0 saturated carbocycles. The van der Waals surface area contributed by atoms with Crippen molar-refractivity contribution in [3.8, 4) is 0 Å². The minimum atomic E-state index is 0.794. The summed E-state index contributed by atoms with van der Waals surface area (Å²) in [5.74, 6) is 0.794. The Bertz CT molecular complexity index is 181. The summed E-state index contributed by atoms with van der Waals surface area (Å²) in [6.45, 7) is 5.60. The molecule has 2 heteroatoms. The summed E-state index contributed by atoms with van der Waals surface area (Å²) >= 11 is 0. The van der Waals surface area contributed by atoms with Gasteiger partial charge in [-0.1, -0.05) is 6.92 Å². The zero-order valence-electron chi connectivity index (χ0n) is 5.55. The Hall–Kier alpha value is -0.790. The van der Waals surface area contributed by atoms with Crippen LogP contribution in [0.3, 0.4) is 0 Å². The van der Waals surface area contributed by atoms with Crippen molar-refractivity contribution in [3.63, 3.8) is 0 Å². The van der Waals surface area contributed by atoms with E-state index in [1.165, 1.54) is 0 Å². The smallest absolute Gasteiger partial charge is 0.194 e. The molecular weight excluding hydrogens is 114 g/mol. The van der Waals surface area contributed by atoms with Gasteiger partial charge in [-0.15, -0.1) is 0 Å². The van der Waals surface area contributed by atoms with E-state index in [9.17, 15) is 0 Å². The Morgan fingerprint density at radius 1 is 1.78 bits per heavy atom. The van der Waals surface area contributed by atoms with Crippen LogP contribution in [0.2, 0.25) is 0 Å². The summed E-state index contributed by atoms with van der Waals surface area (Å²) in [5.41, 5.74) is 0.943. The molecule has 0 N–H and O–H groups in total. The van der Waals surface area contributed by atoms with Gasteiger partial charge in [0, 0.05) is 6.42 Å². The molecule has 0 fully saturated rings. The number of hydrogen-bond donors (Lipinski definition) is 0. The van der Waals surface area contributed by atoms with E-state index in [0.29, 0.717) is 0 Å². The summed E-state index contributed by atoms with van der Waals surface area (Å²) < 4.78 is 5.05. The third kappa shape index (κ3) is 1.56. The SMILES string of the molecule is [CH2]CCc1nc(C)co1. The molecule has 1 aromatic rings. The van der Waals surface area contributed by atoms with E-state index in [2.05, 4.69) is 11.9 Å². The van der Waals surface area contributed by atoms with Gasteiger partial charge in [-0.2, -0.15) is 0 Å². The van der Waals surface area contributed by atoms with Gasteiger partial charge in [0.25, 0.3) is 0 Å². The minimum Gasteiger partial charge on any atom is -0.449 e. The highest BCUT2D eigenvalue weighted by molar-refractivity contribution is 4.92. The van der Waals surface area contributed by atoms with Crippen LogP contribution < -0.4 is 0 Å². The lowest BCUT2D eigenvalue weighted by Gasteiger charge is -1.84. The van der Waals surface area contributed by atoms with Crippen molar-refractivity contribution < 1.29 is 4.42 Å². The first-order valence-corrected chi connectivity index (χ1v) is 3.03. The summed E-state index contributed by atoms with van der Waals surface area (Å²) in [7, 11) is 0. The van der Waals surface area contributed by atoms with Gasteiger partial charge in [-0.05, 0) is 13.3 Å². The van der Waals surface area contributed by atoms with Gasteiger partial charge in [0.15, 0.2) is 5.89 Å². The van der Waals surface area contributed by atoms with Gasteiger partial charge in [0.2, 0.25) is 0 Å². The van der Waals surface area contributed by atoms with Gasteiger partial charge in [-0.3, -0.25) is 0 Å². The zero-order valence-corrected chi connectivity index (χ0v) is 5.55. The number of rotatable bonds is 2. The normalized spacial score (nSPS) is 10.0. The quantitative estimate of drug-likeness (QED) is 0.600. The molecule has 9 heavy (non-hydrogen) atoms. The van der Waals surface area contributed by atoms with Gasteiger partial charge < -0.3 is 4.42 Å². The maximum atomic E-state index is 5.05. The Morgan fingerprint density at radius 3 is 3.00 bits per heavy atom. The Balaban J connectivity index is 2.61. The van der Waals surface area contributed by atoms with E-state index < -0.39 is 0 Å². The molecule has 0 spiro atoms. The highest BCUT2D eigenvalue weighted by Crippen LogP contribution is 2.01. The monoisotopic (exact) mass is 124 g/mol. The second kappa shape index (κ2) is 2.67. The third-order valence-corrected chi connectivity index (χ3v) is 1.06. The molecule has 0 aliphatic rings. The lowest BCUT2D eigenvalue weighted by atomic mass is 10.3. The van der Waals surface area contributed by atoms with E-state index in [4.69, 9.17) is 4.42 Å². The van der Waals surface area contributed by atoms with Crippen LogP contribution in [0.25, 0.3) is 0 Å². The predicted octanol–water partition coefficient (Wildman–Crippen LogP) is 1.75. The fourth-order valence-electron chi connectivity index (χ4n) is 0.669. The molecule has 0 bridgehead atoms. The number of aryl methyl sites for hydroxylation is 2. The van der Waals surface area contributed by atoms with Crippen LogP contribution in [0, 0.1) is 13.8 Å².